The third kappa shape index (κ3) is 2.63. The topological polar surface area (TPSA) is 60.2 Å². The standard InChI is InChI=1S/C15H19N3O/c16-15-13-6-7-17-9-11(13)4-5-14(15)18-10-12-3-1-2-8-19-12/h4-7,9,12,18H,1-3,8,10,16H2. The second kappa shape index (κ2) is 5.45. The molecule has 100 valence electrons. The molecule has 0 amide bonds. The van der Waals surface area contributed by atoms with E-state index in [0.29, 0.717) is 6.10 Å². The van der Waals surface area contributed by atoms with Crippen molar-refractivity contribution in [3.05, 3.63) is 30.6 Å². The molecule has 0 bridgehead atoms. The maximum absolute atomic E-state index is 6.20. The summed E-state index contributed by atoms with van der Waals surface area (Å²) in [7, 11) is 0. The van der Waals surface area contributed by atoms with Crippen molar-refractivity contribution >= 4 is 22.1 Å². The molecular weight excluding hydrogens is 238 g/mol. The first-order valence-corrected chi connectivity index (χ1v) is 6.82. The Labute approximate surface area is 113 Å². The van der Waals surface area contributed by atoms with E-state index in [1.54, 1.807) is 6.20 Å². The lowest BCUT2D eigenvalue weighted by Gasteiger charge is -2.23. The molecule has 1 fully saturated rings. The summed E-state index contributed by atoms with van der Waals surface area (Å²) >= 11 is 0. The first-order valence-electron chi connectivity index (χ1n) is 6.82. The highest BCUT2D eigenvalue weighted by Crippen LogP contribution is 2.28. The summed E-state index contributed by atoms with van der Waals surface area (Å²) in [6.07, 6.45) is 7.48. The maximum Gasteiger partial charge on any atom is 0.0747 e. The Hall–Kier alpha value is -1.81. The van der Waals surface area contributed by atoms with Gasteiger partial charge in [0.25, 0.3) is 0 Å². The second-order valence-electron chi connectivity index (χ2n) is 4.99. The van der Waals surface area contributed by atoms with Gasteiger partial charge in [-0.2, -0.15) is 0 Å². The number of rotatable bonds is 3. The van der Waals surface area contributed by atoms with Crippen LogP contribution in [0.15, 0.2) is 30.6 Å². The normalized spacial score (nSPS) is 19.5. The molecule has 1 aromatic carbocycles. The van der Waals surface area contributed by atoms with Gasteiger partial charge in [0.15, 0.2) is 0 Å². The summed E-state index contributed by atoms with van der Waals surface area (Å²) < 4.78 is 5.71. The van der Waals surface area contributed by atoms with Crippen molar-refractivity contribution in [1.29, 1.82) is 0 Å². The van der Waals surface area contributed by atoms with E-state index >= 15 is 0 Å². The number of hydrogen-bond acceptors (Lipinski definition) is 4. The molecule has 1 saturated heterocycles. The molecule has 0 saturated carbocycles. The number of hydrogen-bond donors (Lipinski definition) is 2. The highest BCUT2D eigenvalue weighted by molar-refractivity contribution is 5.98. The smallest absolute Gasteiger partial charge is 0.0747 e. The van der Waals surface area contributed by atoms with Gasteiger partial charge in [-0.05, 0) is 31.4 Å². The average molecular weight is 257 g/mol. The number of ether oxygens (including phenoxy) is 1. The number of benzene rings is 1. The van der Waals surface area contributed by atoms with Crippen LogP contribution in [0.2, 0.25) is 0 Å². The van der Waals surface area contributed by atoms with Crippen LogP contribution in [-0.2, 0) is 4.74 Å². The number of nitrogens with two attached hydrogens (primary N) is 1. The van der Waals surface area contributed by atoms with Gasteiger partial charge >= 0.3 is 0 Å². The summed E-state index contributed by atoms with van der Waals surface area (Å²) in [6.45, 7) is 1.70. The van der Waals surface area contributed by atoms with Crippen LogP contribution >= 0.6 is 0 Å². The molecule has 0 spiro atoms. The Morgan fingerprint density at radius 3 is 3.11 bits per heavy atom. The summed E-state index contributed by atoms with van der Waals surface area (Å²) in [5, 5.41) is 5.52. The fourth-order valence-electron chi connectivity index (χ4n) is 2.54. The third-order valence-electron chi connectivity index (χ3n) is 3.66. The minimum absolute atomic E-state index is 0.307. The van der Waals surface area contributed by atoms with Crippen LogP contribution in [0.25, 0.3) is 10.8 Å². The van der Waals surface area contributed by atoms with Crippen LogP contribution in [0.5, 0.6) is 0 Å². The van der Waals surface area contributed by atoms with E-state index in [0.717, 1.165) is 41.7 Å². The highest BCUT2D eigenvalue weighted by atomic mass is 16.5. The van der Waals surface area contributed by atoms with Crippen molar-refractivity contribution in [2.24, 2.45) is 0 Å². The molecule has 4 nitrogen and oxygen atoms in total. The van der Waals surface area contributed by atoms with Crippen LogP contribution in [0.3, 0.4) is 0 Å². The molecule has 3 rings (SSSR count). The van der Waals surface area contributed by atoms with E-state index in [1.165, 1.54) is 12.8 Å². The summed E-state index contributed by atoms with van der Waals surface area (Å²) in [5.41, 5.74) is 7.97. The fourth-order valence-corrected chi connectivity index (χ4v) is 2.54. The van der Waals surface area contributed by atoms with Crippen molar-refractivity contribution in [3.63, 3.8) is 0 Å². The van der Waals surface area contributed by atoms with E-state index < -0.39 is 0 Å². The zero-order valence-electron chi connectivity index (χ0n) is 10.9. The van der Waals surface area contributed by atoms with Gasteiger partial charge in [0.05, 0.1) is 17.5 Å². The molecule has 2 heterocycles. The van der Waals surface area contributed by atoms with Crippen molar-refractivity contribution in [2.75, 3.05) is 24.2 Å². The van der Waals surface area contributed by atoms with Crippen molar-refractivity contribution in [2.45, 2.75) is 25.4 Å². The van der Waals surface area contributed by atoms with Gasteiger partial charge in [-0.25, -0.2) is 0 Å². The van der Waals surface area contributed by atoms with Gasteiger partial charge < -0.3 is 15.8 Å². The van der Waals surface area contributed by atoms with Crippen LogP contribution in [0.1, 0.15) is 19.3 Å². The van der Waals surface area contributed by atoms with E-state index in [1.807, 2.05) is 24.4 Å². The molecule has 19 heavy (non-hydrogen) atoms. The molecule has 1 atom stereocenters. The van der Waals surface area contributed by atoms with Crippen molar-refractivity contribution < 1.29 is 4.74 Å². The number of pyridine rings is 1. The molecule has 1 aromatic heterocycles. The number of nitrogen functional groups attached to an aromatic ring is 1. The minimum Gasteiger partial charge on any atom is -0.397 e. The van der Waals surface area contributed by atoms with Gasteiger partial charge in [0.1, 0.15) is 0 Å². The lowest BCUT2D eigenvalue weighted by Crippen LogP contribution is -2.27. The molecule has 3 N–H and O–H groups in total. The van der Waals surface area contributed by atoms with E-state index in [9.17, 15) is 0 Å². The van der Waals surface area contributed by atoms with Gasteiger partial charge in [-0.1, -0.05) is 6.07 Å². The molecule has 0 radical (unpaired) electrons. The Kier molecular flexibility index (Phi) is 3.51. The largest absolute Gasteiger partial charge is 0.397 e. The molecule has 1 aliphatic rings. The predicted octanol–water partition coefficient (Wildman–Crippen LogP) is 2.80. The first kappa shape index (κ1) is 12.2. The number of nitrogens with one attached hydrogen (secondary N) is 1. The van der Waals surface area contributed by atoms with Crippen molar-refractivity contribution in [3.8, 4) is 0 Å². The molecular formula is C15H19N3O. The number of nitrogens with zero attached hydrogens (tertiary/aromatic N) is 1. The Balaban J connectivity index is 1.75. The number of anilines is 2. The molecule has 1 unspecified atom stereocenters. The lowest BCUT2D eigenvalue weighted by molar-refractivity contribution is 0.0248. The average Bonchev–Trinajstić information content (AvgIpc) is 2.48. The minimum atomic E-state index is 0.307. The predicted molar refractivity (Wildman–Crippen MR) is 78.2 cm³/mol. The van der Waals surface area contributed by atoms with Gasteiger partial charge in [-0.3, -0.25) is 4.98 Å². The van der Waals surface area contributed by atoms with E-state index in [-0.39, 0.29) is 0 Å². The van der Waals surface area contributed by atoms with E-state index in [4.69, 9.17) is 10.5 Å². The quantitative estimate of drug-likeness (QED) is 0.830. The monoisotopic (exact) mass is 257 g/mol. The lowest BCUT2D eigenvalue weighted by atomic mass is 10.1. The summed E-state index contributed by atoms with van der Waals surface area (Å²) in [6, 6.07) is 6.01. The summed E-state index contributed by atoms with van der Waals surface area (Å²) in [4.78, 5) is 4.11. The molecule has 2 aromatic rings. The fraction of sp³-hybridized carbons (Fsp3) is 0.400. The van der Waals surface area contributed by atoms with Gasteiger partial charge in [0.2, 0.25) is 0 Å². The SMILES string of the molecule is Nc1c(NCC2CCCCO2)ccc2cnccc12. The van der Waals surface area contributed by atoms with Crippen LogP contribution in [0.4, 0.5) is 11.4 Å². The number of fused-ring (bicyclic) bond motifs is 1. The second-order valence-corrected chi connectivity index (χ2v) is 4.99. The maximum atomic E-state index is 6.20. The molecule has 0 aliphatic carbocycles. The third-order valence-corrected chi connectivity index (χ3v) is 3.66. The van der Waals surface area contributed by atoms with Crippen LogP contribution < -0.4 is 11.1 Å². The first-order chi connectivity index (χ1) is 9.34. The van der Waals surface area contributed by atoms with Gasteiger partial charge in [0, 0.05) is 36.3 Å². The zero-order chi connectivity index (χ0) is 13.1. The Bertz CT molecular complexity index is 564. The Morgan fingerprint density at radius 1 is 1.32 bits per heavy atom. The highest BCUT2D eigenvalue weighted by Gasteiger charge is 2.14. The van der Waals surface area contributed by atoms with Crippen LogP contribution in [0, 0.1) is 0 Å². The van der Waals surface area contributed by atoms with E-state index in [2.05, 4.69) is 10.3 Å². The van der Waals surface area contributed by atoms with Gasteiger partial charge in [-0.15, -0.1) is 0 Å². The molecule has 1 aliphatic heterocycles. The number of aromatic nitrogens is 1. The van der Waals surface area contributed by atoms with Crippen LogP contribution in [-0.4, -0.2) is 24.2 Å². The Morgan fingerprint density at radius 2 is 2.26 bits per heavy atom. The zero-order valence-corrected chi connectivity index (χ0v) is 10.9. The molecule has 4 heteroatoms. The van der Waals surface area contributed by atoms with Crippen molar-refractivity contribution in [1.82, 2.24) is 4.98 Å². The summed E-state index contributed by atoms with van der Waals surface area (Å²) in [5.74, 6) is 0.